The summed E-state index contributed by atoms with van der Waals surface area (Å²) in [5, 5.41) is 0. The van der Waals surface area contributed by atoms with Crippen LogP contribution in [0.4, 0.5) is 0 Å². The zero-order valence-electron chi connectivity index (χ0n) is 12.7. The van der Waals surface area contributed by atoms with Gasteiger partial charge in [-0.3, -0.25) is 4.79 Å². The number of ketones is 1. The molecule has 0 fully saturated rings. The minimum Gasteiger partial charge on any atom is -0.289 e. The van der Waals surface area contributed by atoms with Crippen LogP contribution in [0.25, 0.3) is 0 Å². The number of rotatable bonds is 5. The molecule has 0 saturated heterocycles. The molecule has 0 amide bonds. The van der Waals surface area contributed by atoms with Gasteiger partial charge < -0.3 is 0 Å². The van der Waals surface area contributed by atoms with Crippen LogP contribution in [-0.2, 0) is 12.8 Å². The van der Waals surface area contributed by atoms with E-state index >= 15 is 0 Å². The number of carbonyl (C=O) groups excluding carboxylic acids is 1. The Kier molecular flexibility index (Phi) is 4.19. The molecule has 0 radical (unpaired) electrons. The summed E-state index contributed by atoms with van der Waals surface area (Å²) in [5.74, 6) is 0.197. The number of hydrogen-bond donors (Lipinski definition) is 0. The molecule has 2 aromatic carbocycles. The van der Waals surface area contributed by atoms with E-state index in [0.29, 0.717) is 0 Å². The van der Waals surface area contributed by atoms with Crippen LogP contribution in [-0.4, -0.2) is 5.78 Å². The van der Waals surface area contributed by atoms with Gasteiger partial charge in [0.15, 0.2) is 5.78 Å². The molecule has 21 heavy (non-hydrogen) atoms. The second-order valence-corrected chi connectivity index (χ2v) is 5.97. The van der Waals surface area contributed by atoms with Gasteiger partial charge in [-0.1, -0.05) is 62.6 Å². The highest BCUT2D eigenvalue weighted by molar-refractivity contribution is 6.12. The van der Waals surface area contributed by atoms with Crippen molar-refractivity contribution in [3.63, 3.8) is 0 Å². The number of fused-ring (bicyclic) bond motifs is 2. The third kappa shape index (κ3) is 2.92. The molecule has 0 N–H and O–H groups in total. The zero-order valence-corrected chi connectivity index (χ0v) is 12.7. The lowest BCUT2D eigenvalue weighted by Gasteiger charge is -2.19. The van der Waals surface area contributed by atoms with E-state index in [0.717, 1.165) is 29.5 Å². The fourth-order valence-corrected chi connectivity index (χ4v) is 3.15. The first-order chi connectivity index (χ1) is 10.3. The smallest absolute Gasteiger partial charge is 0.193 e. The van der Waals surface area contributed by atoms with E-state index in [-0.39, 0.29) is 5.78 Å². The Morgan fingerprint density at radius 1 is 0.905 bits per heavy atom. The molecule has 1 aliphatic carbocycles. The molecule has 0 saturated carbocycles. The molecule has 0 unspecified atom stereocenters. The van der Waals surface area contributed by atoms with Crippen LogP contribution in [0, 0.1) is 0 Å². The summed E-state index contributed by atoms with van der Waals surface area (Å²) in [6.45, 7) is 2.23. The van der Waals surface area contributed by atoms with Gasteiger partial charge in [-0.25, -0.2) is 0 Å². The summed E-state index contributed by atoms with van der Waals surface area (Å²) in [4.78, 5) is 12.6. The number of aryl methyl sites for hydroxylation is 1. The van der Waals surface area contributed by atoms with Crippen LogP contribution in [0.5, 0.6) is 0 Å². The van der Waals surface area contributed by atoms with E-state index in [1.807, 2.05) is 18.2 Å². The molecular weight excluding hydrogens is 256 g/mol. The van der Waals surface area contributed by atoms with Crippen LogP contribution in [0.1, 0.15) is 65.2 Å². The molecule has 0 heterocycles. The SMILES string of the molecule is CCCCCCc1ccc2c(c1)C(=O)c1ccccc1C2. The first-order valence-electron chi connectivity index (χ1n) is 8.04. The maximum atomic E-state index is 12.6. The Balaban J connectivity index is 1.81. The topological polar surface area (TPSA) is 17.1 Å². The maximum absolute atomic E-state index is 12.6. The van der Waals surface area contributed by atoms with Crippen molar-refractivity contribution >= 4 is 5.78 Å². The van der Waals surface area contributed by atoms with Gasteiger partial charge in [0.1, 0.15) is 0 Å². The molecule has 0 aromatic heterocycles. The van der Waals surface area contributed by atoms with Crippen LogP contribution >= 0.6 is 0 Å². The lowest BCUT2D eigenvalue weighted by Crippen LogP contribution is -2.15. The van der Waals surface area contributed by atoms with Gasteiger partial charge >= 0.3 is 0 Å². The quantitative estimate of drug-likeness (QED) is 0.604. The minimum absolute atomic E-state index is 0.197. The highest BCUT2D eigenvalue weighted by atomic mass is 16.1. The Hall–Kier alpha value is -1.89. The van der Waals surface area contributed by atoms with Crippen molar-refractivity contribution in [1.82, 2.24) is 0 Å². The fourth-order valence-electron chi connectivity index (χ4n) is 3.15. The van der Waals surface area contributed by atoms with Gasteiger partial charge in [0.2, 0.25) is 0 Å². The zero-order chi connectivity index (χ0) is 14.7. The van der Waals surface area contributed by atoms with Gasteiger partial charge in [0, 0.05) is 11.1 Å². The van der Waals surface area contributed by atoms with Gasteiger partial charge in [0.25, 0.3) is 0 Å². The highest BCUT2D eigenvalue weighted by Crippen LogP contribution is 2.28. The van der Waals surface area contributed by atoms with E-state index < -0.39 is 0 Å². The largest absolute Gasteiger partial charge is 0.289 e. The van der Waals surface area contributed by atoms with Crippen molar-refractivity contribution in [3.8, 4) is 0 Å². The predicted octanol–water partition coefficient (Wildman–Crippen LogP) is 4.94. The molecule has 0 atom stereocenters. The van der Waals surface area contributed by atoms with Crippen LogP contribution < -0.4 is 0 Å². The molecule has 1 nitrogen and oxygen atoms in total. The Labute approximate surface area is 127 Å². The number of hydrogen-bond acceptors (Lipinski definition) is 1. The Morgan fingerprint density at radius 2 is 1.71 bits per heavy atom. The normalized spacial score (nSPS) is 12.9. The van der Waals surface area contributed by atoms with E-state index in [1.54, 1.807) is 0 Å². The summed E-state index contributed by atoms with van der Waals surface area (Å²) < 4.78 is 0. The summed E-state index contributed by atoms with van der Waals surface area (Å²) in [7, 11) is 0. The molecule has 3 rings (SSSR count). The average Bonchev–Trinajstić information content (AvgIpc) is 2.52. The van der Waals surface area contributed by atoms with Crippen molar-refractivity contribution in [2.24, 2.45) is 0 Å². The van der Waals surface area contributed by atoms with Crippen LogP contribution in [0.2, 0.25) is 0 Å². The second kappa shape index (κ2) is 6.26. The van der Waals surface area contributed by atoms with Crippen LogP contribution in [0.3, 0.4) is 0 Å². The first-order valence-corrected chi connectivity index (χ1v) is 8.04. The highest BCUT2D eigenvalue weighted by Gasteiger charge is 2.22. The van der Waals surface area contributed by atoms with Gasteiger partial charge in [0.05, 0.1) is 0 Å². The third-order valence-corrected chi connectivity index (χ3v) is 4.38. The van der Waals surface area contributed by atoms with Crippen molar-refractivity contribution in [2.45, 2.75) is 45.4 Å². The predicted molar refractivity (Wildman–Crippen MR) is 87.0 cm³/mol. The molecular formula is C20H22O. The second-order valence-electron chi connectivity index (χ2n) is 5.97. The van der Waals surface area contributed by atoms with Crippen molar-refractivity contribution < 1.29 is 4.79 Å². The average molecular weight is 278 g/mol. The minimum atomic E-state index is 0.197. The van der Waals surface area contributed by atoms with Gasteiger partial charge in [-0.15, -0.1) is 0 Å². The van der Waals surface area contributed by atoms with E-state index in [9.17, 15) is 4.79 Å². The van der Waals surface area contributed by atoms with Gasteiger partial charge in [-0.2, -0.15) is 0 Å². The molecule has 0 aliphatic heterocycles. The maximum Gasteiger partial charge on any atom is 0.193 e. The number of benzene rings is 2. The monoisotopic (exact) mass is 278 g/mol. The first kappa shape index (κ1) is 14.1. The Morgan fingerprint density at radius 3 is 2.57 bits per heavy atom. The van der Waals surface area contributed by atoms with Crippen LogP contribution in [0.15, 0.2) is 42.5 Å². The molecule has 0 spiro atoms. The standard InChI is InChI=1S/C20H22O/c1-2-3-4-5-8-15-11-12-17-14-16-9-6-7-10-18(16)20(21)19(17)13-15/h6-7,9-13H,2-5,8,14H2,1H3. The Bertz CT molecular complexity index is 655. The molecule has 0 bridgehead atoms. The lowest BCUT2D eigenvalue weighted by molar-refractivity contribution is 0.103. The van der Waals surface area contributed by atoms with E-state index in [2.05, 4.69) is 31.2 Å². The lowest BCUT2D eigenvalue weighted by atomic mass is 9.84. The molecule has 108 valence electrons. The van der Waals surface area contributed by atoms with Crippen molar-refractivity contribution in [3.05, 3.63) is 70.3 Å². The summed E-state index contributed by atoms with van der Waals surface area (Å²) in [5.41, 5.74) is 5.44. The summed E-state index contributed by atoms with van der Waals surface area (Å²) >= 11 is 0. The molecule has 1 aliphatic rings. The fraction of sp³-hybridized carbons (Fsp3) is 0.350. The van der Waals surface area contributed by atoms with E-state index in [4.69, 9.17) is 0 Å². The van der Waals surface area contributed by atoms with E-state index in [1.165, 1.54) is 36.8 Å². The molecule has 1 heteroatoms. The van der Waals surface area contributed by atoms with Crippen molar-refractivity contribution in [2.75, 3.05) is 0 Å². The molecule has 2 aromatic rings. The van der Waals surface area contributed by atoms with Crippen molar-refractivity contribution in [1.29, 1.82) is 0 Å². The summed E-state index contributed by atoms with van der Waals surface area (Å²) in [6, 6.07) is 14.5. The third-order valence-electron chi connectivity index (χ3n) is 4.38. The van der Waals surface area contributed by atoms with Gasteiger partial charge in [-0.05, 0) is 42.0 Å². The number of carbonyl (C=O) groups is 1. The number of unbranched alkanes of at least 4 members (excludes halogenated alkanes) is 3. The summed E-state index contributed by atoms with van der Waals surface area (Å²) in [6.07, 6.45) is 7.04.